The molecule has 1 aliphatic rings. The highest BCUT2D eigenvalue weighted by Gasteiger charge is 2.52. The first-order chi connectivity index (χ1) is 9.33. The molecule has 4 unspecified atom stereocenters. The van der Waals surface area contributed by atoms with Gasteiger partial charge in [-0.05, 0) is 36.5 Å². The van der Waals surface area contributed by atoms with Gasteiger partial charge in [-0.3, -0.25) is 9.59 Å². The van der Waals surface area contributed by atoms with Gasteiger partial charge in [0.25, 0.3) is 0 Å². The minimum absolute atomic E-state index is 0.190. The molecule has 0 radical (unpaired) electrons. The van der Waals surface area contributed by atoms with E-state index >= 15 is 0 Å². The fraction of sp³-hybridized carbons (Fsp3) is 0.875. The number of esters is 2. The van der Waals surface area contributed by atoms with E-state index in [9.17, 15) is 9.59 Å². The van der Waals surface area contributed by atoms with Crippen molar-refractivity contribution >= 4 is 11.9 Å². The van der Waals surface area contributed by atoms with Crippen LogP contribution in [0.5, 0.6) is 0 Å². The number of carbonyl (C=O) groups excluding carboxylic acids is 2. The summed E-state index contributed by atoms with van der Waals surface area (Å²) in [5.41, 5.74) is 0. The Kier molecular flexibility index (Phi) is 6.03. The second-order valence-electron chi connectivity index (χ2n) is 6.63. The van der Waals surface area contributed by atoms with Crippen LogP contribution in [0.25, 0.3) is 0 Å². The van der Waals surface area contributed by atoms with Crippen molar-refractivity contribution < 1.29 is 19.1 Å². The molecule has 0 saturated heterocycles. The first-order valence-corrected chi connectivity index (χ1v) is 7.49. The quantitative estimate of drug-likeness (QED) is 0.728. The van der Waals surface area contributed by atoms with Gasteiger partial charge >= 0.3 is 11.9 Å². The summed E-state index contributed by atoms with van der Waals surface area (Å²) in [4.78, 5) is 24.3. The summed E-state index contributed by atoms with van der Waals surface area (Å²) in [5.74, 6) is -0.0213. The third-order valence-corrected chi connectivity index (χ3v) is 4.51. The number of methoxy groups -OCH3 is 2. The highest BCUT2D eigenvalue weighted by molar-refractivity contribution is 5.83. The zero-order valence-electron chi connectivity index (χ0n) is 13.5. The fourth-order valence-electron chi connectivity index (χ4n) is 3.67. The lowest BCUT2D eigenvalue weighted by Gasteiger charge is -2.24. The molecule has 0 heterocycles. The van der Waals surface area contributed by atoms with Crippen LogP contribution in [0.4, 0.5) is 0 Å². The van der Waals surface area contributed by atoms with Crippen LogP contribution in [0, 0.1) is 35.5 Å². The third kappa shape index (κ3) is 3.53. The van der Waals surface area contributed by atoms with Gasteiger partial charge in [-0.15, -0.1) is 0 Å². The van der Waals surface area contributed by atoms with E-state index in [4.69, 9.17) is 9.47 Å². The average molecular weight is 284 g/mol. The zero-order valence-corrected chi connectivity index (χ0v) is 13.5. The number of ether oxygens (including phenoxy) is 2. The van der Waals surface area contributed by atoms with Crippen molar-refractivity contribution in [3.8, 4) is 0 Å². The van der Waals surface area contributed by atoms with Gasteiger partial charge in [-0.2, -0.15) is 0 Å². The second kappa shape index (κ2) is 7.09. The van der Waals surface area contributed by atoms with Crippen molar-refractivity contribution in [2.24, 2.45) is 35.5 Å². The Morgan fingerprint density at radius 1 is 1.00 bits per heavy atom. The number of rotatable bonds is 5. The van der Waals surface area contributed by atoms with Crippen molar-refractivity contribution in [3.63, 3.8) is 0 Å². The lowest BCUT2D eigenvalue weighted by Crippen LogP contribution is -2.35. The number of hydrogen-bond donors (Lipinski definition) is 0. The van der Waals surface area contributed by atoms with Gasteiger partial charge < -0.3 is 9.47 Å². The van der Waals surface area contributed by atoms with Crippen LogP contribution in [-0.4, -0.2) is 26.2 Å². The van der Waals surface area contributed by atoms with Crippen molar-refractivity contribution in [2.75, 3.05) is 14.2 Å². The maximum absolute atomic E-state index is 12.2. The average Bonchev–Trinajstić information content (AvgIpc) is 2.75. The van der Waals surface area contributed by atoms with E-state index in [2.05, 4.69) is 27.7 Å². The van der Waals surface area contributed by atoms with E-state index in [1.54, 1.807) is 0 Å². The van der Waals surface area contributed by atoms with Gasteiger partial charge in [0, 0.05) is 0 Å². The summed E-state index contributed by atoms with van der Waals surface area (Å²) < 4.78 is 9.90. The van der Waals surface area contributed by atoms with Crippen LogP contribution in [0.3, 0.4) is 0 Å². The Morgan fingerprint density at radius 3 is 1.90 bits per heavy atom. The van der Waals surface area contributed by atoms with Crippen LogP contribution in [-0.2, 0) is 19.1 Å². The molecule has 0 bridgehead atoms. The molecule has 0 aromatic carbocycles. The predicted octanol–water partition coefficient (Wildman–Crippen LogP) is 2.90. The molecule has 116 valence electrons. The fourth-order valence-corrected chi connectivity index (χ4v) is 3.67. The third-order valence-electron chi connectivity index (χ3n) is 4.51. The molecule has 0 aliphatic heterocycles. The second-order valence-corrected chi connectivity index (χ2v) is 6.63. The van der Waals surface area contributed by atoms with Crippen LogP contribution >= 0.6 is 0 Å². The van der Waals surface area contributed by atoms with Gasteiger partial charge in [0.2, 0.25) is 0 Å². The SMILES string of the molecule is COC(=O)C1C(CC(C)C)CC(C(C)C)C1C(=O)OC. The number of hydrogen-bond acceptors (Lipinski definition) is 4. The summed E-state index contributed by atoms with van der Waals surface area (Å²) in [6.07, 6.45) is 1.84. The summed E-state index contributed by atoms with van der Waals surface area (Å²) in [6.45, 7) is 8.49. The molecule has 0 amide bonds. The van der Waals surface area contributed by atoms with Crippen LogP contribution in [0.1, 0.15) is 40.5 Å². The Hall–Kier alpha value is -1.06. The normalized spacial score (nSPS) is 29.8. The van der Waals surface area contributed by atoms with Gasteiger partial charge in [0.05, 0.1) is 26.1 Å². The molecule has 1 rings (SSSR count). The molecule has 1 aliphatic carbocycles. The molecule has 1 fully saturated rings. The predicted molar refractivity (Wildman–Crippen MR) is 76.9 cm³/mol. The molecular weight excluding hydrogens is 256 g/mol. The Morgan fingerprint density at radius 2 is 1.50 bits per heavy atom. The van der Waals surface area contributed by atoms with E-state index in [1.165, 1.54) is 14.2 Å². The molecule has 20 heavy (non-hydrogen) atoms. The molecule has 0 aromatic heterocycles. The summed E-state index contributed by atoms with van der Waals surface area (Å²) in [6, 6.07) is 0. The lowest BCUT2D eigenvalue weighted by molar-refractivity contribution is -0.159. The van der Waals surface area contributed by atoms with E-state index in [0.717, 1.165) is 12.8 Å². The van der Waals surface area contributed by atoms with E-state index in [-0.39, 0.29) is 35.6 Å². The maximum Gasteiger partial charge on any atom is 0.309 e. The van der Waals surface area contributed by atoms with E-state index < -0.39 is 0 Å². The highest BCUT2D eigenvalue weighted by atomic mass is 16.5. The van der Waals surface area contributed by atoms with Crippen LogP contribution < -0.4 is 0 Å². The molecule has 0 aromatic rings. The standard InChI is InChI=1S/C16H28O4/c1-9(2)7-11-8-12(10(3)4)14(16(18)20-6)13(11)15(17)19-5/h9-14H,7-8H2,1-6H3. The molecule has 0 spiro atoms. The topological polar surface area (TPSA) is 52.6 Å². The Bertz CT molecular complexity index is 348. The Labute approximate surface area is 122 Å². The van der Waals surface area contributed by atoms with Crippen molar-refractivity contribution in [2.45, 2.75) is 40.5 Å². The monoisotopic (exact) mass is 284 g/mol. The molecule has 1 saturated carbocycles. The maximum atomic E-state index is 12.2. The van der Waals surface area contributed by atoms with Gasteiger partial charge in [0.15, 0.2) is 0 Å². The molecule has 4 atom stereocenters. The van der Waals surface area contributed by atoms with E-state index in [0.29, 0.717) is 11.8 Å². The molecule has 4 heteroatoms. The van der Waals surface area contributed by atoms with Crippen molar-refractivity contribution in [1.29, 1.82) is 0 Å². The van der Waals surface area contributed by atoms with Gasteiger partial charge in [0.1, 0.15) is 0 Å². The van der Waals surface area contributed by atoms with E-state index in [1.807, 2.05) is 0 Å². The minimum Gasteiger partial charge on any atom is -0.469 e. The van der Waals surface area contributed by atoms with Gasteiger partial charge in [-0.25, -0.2) is 0 Å². The van der Waals surface area contributed by atoms with Crippen molar-refractivity contribution in [1.82, 2.24) is 0 Å². The Balaban J connectivity index is 3.09. The van der Waals surface area contributed by atoms with Gasteiger partial charge in [-0.1, -0.05) is 27.7 Å². The minimum atomic E-state index is -0.365. The lowest BCUT2D eigenvalue weighted by atomic mass is 9.81. The summed E-state index contributed by atoms with van der Waals surface area (Å²) in [7, 11) is 2.79. The van der Waals surface area contributed by atoms with Crippen LogP contribution in [0.15, 0.2) is 0 Å². The molecular formula is C16H28O4. The summed E-state index contributed by atoms with van der Waals surface area (Å²) in [5, 5.41) is 0. The number of carbonyl (C=O) groups is 2. The first-order valence-electron chi connectivity index (χ1n) is 7.49. The highest BCUT2D eigenvalue weighted by Crippen LogP contribution is 2.48. The largest absolute Gasteiger partial charge is 0.469 e. The molecule has 4 nitrogen and oxygen atoms in total. The first kappa shape index (κ1) is 17.0. The molecule has 0 N–H and O–H groups in total. The van der Waals surface area contributed by atoms with Crippen LogP contribution in [0.2, 0.25) is 0 Å². The zero-order chi connectivity index (χ0) is 15.4. The van der Waals surface area contributed by atoms with Crippen molar-refractivity contribution in [3.05, 3.63) is 0 Å². The summed E-state index contributed by atoms with van der Waals surface area (Å²) >= 11 is 0. The smallest absolute Gasteiger partial charge is 0.309 e.